The molecule has 6 nitrogen and oxygen atoms in total. The molecule has 3 aromatic rings. The lowest BCUT2D eigenvalue weighted by atomic mass is 10.2. The van der Waals surface area contributed by atoms with E-state index in [2.05, 4.69) is 27.1 Å². The zero-order valence-electron chi connectivity index (χ0n) is 15.8. The predicted octanol–water partition coefficient (Wildman–Crippen LogP) is 4.62. The fraction of sp³-hybridized carbons (Fsp3) is 0.300. The maximum Gasteiger partial charge on any atom is 0.257 e. The lowest BCUT2D eigenvalue weighted by molar-refractivity contribution is -0.113. The van der Waals surface area contributed by atoms with Gasteiger partial charge in [-0.25, -0.2) is 4.98 Å². The second-order valence-electron chi connectivity index (χ2n) is 6.85. The van der Waals surface area contributed by atoms with Gasteiger partial charge in [0.25, 0.3) is 5.22 Å². The number of halogens is 2. The number of thioether (sulfide) groups is 1. The van der Waals surface area contributed by atoms with Crippen LogP contribution in [0.1, 0.15) is 0 Å². The Balaban J connectivity index is 1.43. The Labute approximate surface area is 183 Å². The molecule has 1 aromatic heterocycles. The smallest absolute Gasteiger partial charge is 0.257 e. The topological polar surface area (TPSA) is 61.6 Å². The molecule has 1 N–H and O–H groups in total. The summed E-state index contributed by atoms with van der Waals surface area (Å²) in [7, 11) is 2.10. The molecule has 1 amide bonds. The Bertz CT molecular complexity index is 1030. The Kier molecular flexibility index (Phi) is 6.20. The molecule has 0 saturated carbocycles. The molecule has 1 saturated heterocycles. The van der Waals surface area contributed by atoms with Crippen molar-refractivity contribution in [3.05, 3.63) is 46.4 Å². The maximum absolute atomic E-state index is 12.6. The van der Waals surface area contributed by atoms with Crippen LogP contribution < -0.4 is 10.2 Å². The van der Waals surface area contributed by atoms with E-state index in [-0.39, 0.29) is 11.7 Å². The van der Waals surface area contributed by atoms with Gasteiger partial charge in [0.1, 0.15) is 5.52 Å². The van der Waals surface area contributed by atoms with Crippen molar-refractivity contribution < 1.29 is 9.21 Å². The van der Waals surface area contributed by atoms with E-state index in [0.29, 0.717) is 26.4 Å². The molecule has 1 fully saturated rings. The number of fused-ring (bicyclic) bond motifs is 1. The molecule has 1 aliphatic heterocycles. The molecule has 0 atom stereocenters. The summed E-state index contributed by atoms with van der Waals surface area (Å²) < 4.78 is 5.65. The van der Waals surface area contributed by atoms with Gasteiger partial charge in [-0.1, -0.05) is 41.0 Å². The van der Waals surface area contributed by atoms with Crippen LogP contribution in [0.15, 0.2) is 46.0 Å². The van der Waals surface area contributed by atoms with E-state index in [4.69, 9.17) is 27.6 Å². The van der Waals surface area contributed by atoms with E-state index in [9.17, 15) is 4.79 Å². The number of rotatable bonds is 5. The van der Waals surface area contributed by atoms with E-state index in [0.717, 1.165) is 37.6 Å². The molecule has 1 aliphatic rings. The minimum absolute atomic E-state index is 0.145. The second kappa shape index (κ2) is 8.83. The van der Waals surface area contributed by atoms with Gasteiger partial charge in [0.15, 0.2) is 5.58 Å². The number of benzene rings is 2. The Hall–Kier alpha value is -1.93. The molecule has 0 aliphatic carbocycles. The average molecular weight is 451 g/mol. The fourth-order valence-corrected chi connectivity index (χ4v) is 4.32. The lowest BCUT2D eigenvalue weighted by Gasteiger charge is -2.35. The third-order valence-electron chi connectivity index (χ3n) is 4.74. The van der Waals surface area contributed by atoms with Crippen molar-refractivity contribution >= 4 is 63.3 Å². The highest BCUT2D eigenvalue weighted by Crippen LogP contribution is 2.35. The van der Waals surface area contributed by atoms with Crippen molar-refractivity contribution in [2.75, 3.05) is 49.2 Å². The highest BCUT2D eigenvalue weighted by molar-refractivity contribution is 7.99. The second-order valence-corrected chi connectivity index (χ2v) is 8.63. The number of oxazole rings is 1. The molecule has 0 bridgehead atoms. The predicted molar refractivity (Wildman–Crippen MR) is 120 cm³/mol. The standard InChI is InChI=1S/C20H20Cl2N4O2S/c1-25-7-9-26(10-8-25)19-14(22)3-2-4-15(19)23-18(27)12-29-20-24-16-11-13(21)5-6-17(16)28-20/h2-6,11H,7-10,12H2,1H3,(H,23,27). The van der Waals surface area contributed by atoms with Crippen LogP contribution in [0.3, 0.4) is 0 Å². The van der Waals surface area contributed by atoms with Crippen molar-refractivity contribution in [1.82, 2.24) is 9.88 Å². The highest BCUT2D eigenvalue weighted by Gasteiger charge is 2.20. The normalized spacial score (nSPS) is 15.1. The molecule has 2 heterocycles. The summed E-state index contributed by atoms with van der Waals surface area (Å²) in [5, 5.41) is 4.65. The number of likely N-dealkylation sites (N-methyl/N-ethyl adjacent to an activating group) is 1. The summed E-state index contributed by atoms with van der Waals surface area (Å²) in [6.45, 7) is 3.64. The molecule has 29 heavy (non-hydrogen) atoms. The van der Waals surface area contributed by atoms with Crippen LogP contribution in [0, 0.1) is 0 Å². The van der Waals surface area contributed by atoms with E-state index in [1.165, 1.54) is 11.8 Å². The number of hydrogen-bond donors (Lipinski definition) is 1. The van der Waals surface area contributed by atoms with Crippen molar-refractivity contribution in [2.24, 2.45) is 0 Å². The number of hydrogen-bond acceptors (Lipinski definition) is 6. The Morgan fingerprint density at radius 2 is 2.00 bits per heavy atom. The van der Waals surface area contributed by atoms with E-state index < -0.39 is 0 Å². The van der Waals surface area contributed by atoms with Gasteiger partial charge in [-0.3, -0.25) is 4.79 Å². The summed E-state index contributed by atoms with van der Waals surface area (Å²) >= 11 is 13.7. The van der Waals surface area contributed by atoms with Crippen LogP contribution in [0.4, 0.5) is 11.4 Å². The SMILES string of the molecule is CN1CCN(c2c(Cl)cccc2NC(=O)CSc2nc3cc(Cl)ccc3o2)CC1. The van der Waals surface area contributed by atoms with Crippen LogP contribution >= 0.6 is 35.0 Å². The summed E-state index contributed by atoms with van der Waals surface area (Å²) in [6.07, 6.45) is 0. The van der Waals surface area contributed by atoms with E-state index in [1.54, 1.807) is 18.2 Å². The number of aromatic nitrogens is 1. The van der Waals surface area contributed by atoms with Crippen LogP contribution in [0.5, 0.6) is 0 Å². The number of amides is 1. The molecular weight excluding hydrogens is 431 g/mol. The third-order valence-corrected chi connectivity index (χ3v) is 6.11. The Morgan fingerprint density at radius 1 is 1.21 bits per heavy atom. The summed E-state index contributed by atoms with van der Waals surface area (Å²) in [5.74, 6) is 0.0304. The van der Waals surface area contributed by atoms with Crippen LogP contribution in [0.25, 0.3) is 11.1 Å². The minimum Gasteiger partial charge on any atom is -0.431 e. The van der Waals surface area contributed by atoms with E-state index in [1.807, 2.05) is 18.2 Å². The van der Waals surface area contributed by atoms with Gasteiger partial charge >= 0.3 is 0 Å². The fourth-order valence-electron chi connectivity index (χ4n) is 3.22. The van der Waals surface area contributed by atoms with Gasteiger partial charge in [0.05, 0.1) is 22.2 Å². The number of anilines is 2. The van der Waals surface area contributed by atoms with Crippen LogP contribution in [0.2, 0.25) is 10.0 Å². The molecule has 0 radical (unpaired) electrons. The quantitative estimate of drug-likeness (QED) is 0.572. The summed E-state index contributed by atoms with van der Waals surface area (Å²) in [5.41, 5.74) is 2.91. The van der Waals surface area contributed by atoms with Crippen molar-refractivity contribution in [3.63, 3.8) is 0 Å². The van der Waals surface area contributed by atoms with Crippen LogP contribution in [-0.4, -0.2) is 54.8 Å². The zero-order chi connectivity index (χ0) is 20.4. The average Bonchev–Trinajstić information content (AvgIpc) is 3.10. The number of nitrogens with one attached hydrogen (secondary N) is 1. The van der Waals surface area contributed by atoms with Crippen molar-refractivity contribution in [1.29, 1.82) is 0 Å². The number of carbonyl (C=O) groups is 1. The first-order valence-corrected chi connectivity index (χ1v) is 10.9. The van der Waals surface area contributed by atoms with Crippen LogP contribution in [-0.2, 0) is 4.79 Å². The monoisotopic (exact) mass is 450 g/mol. The highest BCUT2D eigenvalue weighted by atomic mass is 35.5. The van der Waals surface area contributed by atoms with Gasteiger partial charge < -0.3 is 19.5 Å². The lowest BCUT2D eigenvalue weighted by Crippen LogP contribution is -2.44. The molecule has 9 heteroatoms. The first-order valence-electron chi connectivity index (χ1n) is 9.20. The number of nitrogens with zero attached hydrogens (tertiary/aromatic N) is 3. The third kappa shape index (κ3) is 4.80. The maximum atomic E-state index is 12.6. The van der Waals surface area contributed by atoms with Crippen molar-refractivity contribution in [2.45, 2.75) is 5.22 Å². The first-order chi connectivity index (χ1) is 14.0. The van der Waals surface area contributed by atoms with Gasteiger partial charge in [-0.05, 0) is 37.4 Å². The van der Waals surface area contributed by atoms with Gasteiger partial charge in [-0.2, -0.15) is 0 Å². The largest absolute Gasteiger partial charge is 0.431 e. The number of piperazine rings is 1. The van der Waals surface area contributed by atoms with Gasteiger partial charge in [0.2, 0.25) is 5.91 Å². The van der Waals surface area contributed by atoms with Gasteiger partial charge in [0, 0.05) is 31.2 Å². The first kappa shape index (κ1) is 20.3. The molecule has 2 aromatic carbocycles. The molecule has 4 rings (SSSR count). The number of para-hydroxylation sites is 1. The number of carbonyl (C=O) groups excluding carboxylic acids is 1. The van der Waals surface area contributed by atoms with Crippen molar-refractivity contribution in [3.8, 4) is 0 Å². The molecule has 0 unspecified atom stereocenters. The molecular formula is C20H20Cl2N4O2S. The minimum atomic E-state index is -0.145. The zero-order valence-corrected chi connectivity index (χ0v) is 18.2. The molecule has 152 valence electrons. The Morgan fingerprint density at radius 3 is 2.79 bits per heavy atom. The molecule has 0 spiro atoms. The summed E-state index contributed by atoms with van der Waals surface area (Å²) in [4.78, 5) is 21.4. The van der Waals surface area contributed by atoms with Gasteiger partial charge in [-0.15, -0.1) is 0 Å². The van der Waals surface area contributed by atoms with E-state index >= 15 is 0 Å². The summed E-state index contributed by atoms with van der Waals surface area (Å²) in [6, 6.07) is 10.8.